The minimum Gasteiger partial charge on any atom is -0.496 e. The van der Waals surface area contributed by atoms with Crippen molar-refractivity contribution in [1.29, 1.82) is 0 Å². The molecule has 0 saturated carbocycles. The largest absolute Gasteiger partial charge is 0.496 e. The van der Waals surface area contributed by atoms with Gasteiger partial charge in [0.1, 0.15) is 23.6 Å². The van der Waals surface area contributed by atoms with Gasteiger partial charge in [-0.3, -0.25) is 4.79 Å². The Bertz CT molecular complexity index is 972. The van der Waals surface area contributed by atoms with Crippen molar-refractivity contribution in [3.63, 3.8) is 0 Å². The summed E-state index contributed by atoms with van der Waals surface area (Å²) in [5.74, 6) is 1.12. The monoisotopic (exact) mass is 376 g/mol. The fourth-order valence-electron chi connectivity index (χ4n) is 2.99. The maximum absolute atomic E-state index is 12.7. The average Bonchev–Trinajstić information content (AvgIpc) is 2.74. The Morgan fingerprint density at radius 2 is 1.86 bits per heavy atom. The van der Waals surface area contributed by atoms with Gasteiger partial charge in [0.25, 0.3) is 5.91 Å². The zero-order valence-corrected chi connectivity index (χ0v) is 16.3. The van der Waals surface area contributed by atoms with Crippen molar-refractivity contribution in [2.75, 3.05) is 17.7 Å². The summed E-state index contributed by atoms with van der Waals surface area (Å²) in [5.41, 5.74) is 4.27. The number of aryl methyl sites for hydroxylation is 2. The summed E-state index contributed by atoms with van der Waals surface area (Å²) in [6.07, 6.45) is 2.23. The lowest BCUT2D eigenvalue weighted by Crippen LogP contribution is -2.16. The van der Waals surface area contributed by atoms with Crippen LogP contribution in [0.25, 0.3) is 0 Å². The van der Waals surface area contributed by atoms with Crippen molar-refractivity contribution in [3.05, 3.63) is 77.2 Å². The predicted octanol–water partition coefficient (Wildman–Crippen LogP) is 4.22. The molecule has 0 aliphatic heterocycles. The van der Waals surface area contributed by atoms with E-state index in [1.165, 1.54) is 6.33 Å². The number of para-hydroxylation sites is 2. The van der Waals surface area contributed by atoms with E-state index >= 15 is 0 Å². The molecule has 0 spiro atoms. The number of amides is 1. The minimum atomic E-state index is -0.258. The number of hydrogen-bond acceptors (Lipinski definition) is 5. The van der Waals surface area contributed by atoms with Gasteiger partial charge in [0.15, 0.2) is 0 Å². The van der Waals surface area contributed by atoms with E-state index in [2.05, 4.69) is 27.5 Å². The first-order valence-corrected chi connectivity index (χ1v) is 9.20. The second kappa shape index (κ2) is 8.99. The van der Waals surface area contributed by atoms with Crippen LogP contribution in [-0.4, -0.2) is 23.0 Å². The Labute approximate surface area is 165 Å². The van der Waals surface area contributed by atoms with Gasteiger partial charge < -0.3 is 15.4 Å². The molecule has 3 rings (SSSR count). The lowest BCUT2D eigenvalue weighted by atomic mass is 10.1. The molecular formula is C22H24N4O2. The number of hydrogen-bond donors (Lipinski definition) is 2. The second-order valence-corrected chi connectivity index (χ2v) is 6.37. The summed E-state index contributed by atoms with van der Waals surface area (Å²) < 4.78 is 5.36. The summed E-state index contributed by atoms with van der Waals surface area (Å²) in [6, 6.07) is 15.4. The highest BCUT2D eigenvalue weighted by Gasteiger charge is 2.13. The molecule has 2 N–H and O–H groups in total. The molecule has 144 valence electrons. The molecule has 0 fully saturated rings. The van der Waals surface area contributed by atoms with E-state index in [4.69, 9.17) is 4.74 Å². The number of rotatable bonds is 7. The smallest absolute Gasteiger partial charge is 0.274 e. The van der Waals surface area contributed by atoms with E-state index in [-0.39, 0.29) is 5.91 Å². The van der Waals surface area contributed by atoms with Crippen LogP contribution in [0.15, 0.2) is 54.9 Å². The molecular weight excluding hydrogens is 352 g/mol. The SMILES string of the molecule is CCc1cccc(C)c1NC(=O)c1cc(NCc2ccccc2OC)ncn1. The van der Waals surface area contributed by atoms with Crippen LogP contribution < -0.4 is 15.4 Å². The van der Waals surface area contributed by atoms with Gasteiger partial charge in [-0.2, -0.15) is 0 Å². The van der Waals surface area contributed by atoms with Gasteiger partial charge >= 0.3 is 0 Å². The van der Waals surface area contributed by atoms with E-state index in [1.54, 1.807) is 13.2 Å². The number of nitrogens with zero attached hydrogens (tertiary/aromatic N) is 2. The molecule has 6 heteroatoms. The van der Waals surface area contributed by atoms with Crippen molar-refractivity contribution in [2.45, 2.75) is 26.8 Å². The first-order valence-electron chi connectivity index (χ1n) is 9.20. The summed E-state index contributed by atoms with van der Waals surface area (Å²) in [4.78, 5) is 21.0. The normalized spacial score (nSPS) is 10.4. The first-order chi connectivity index (χ1) is 13.6. The number of nitrogens with one attached hydrogen (secondary N) is 2. The highest BCUT2D eigenvalue weighted by molar-refractivity contribution is 6.04. The van der Waals surface area contributed by atoms with Crippen molar-refractivity contribution in [3.8, 4) is 5.75 Å². The Morgan fingerprint density at radius 1 is 1.07 bits per heavy atom. The Kier molecular flexibility index (Phi) is 6.22. The molecule has 1 heterocycles. The molecule has 0 radical (unpaired) electrons. The van der Waals surface area contributed by atoms with Crippen molar-refractivity contribution >= 4 is 17.4 Å². The van der Waals surface area contributed by atoms with Crippen LogP contribution in [0.3, 0.4) is 0 Å². The number of aromatic nitrogens is 2. The van der Waals surface area contributed by atoms with Crippen LogP contribution in [0, 0.1) is 6.92 Å². The molecule has 0 aliphatic rings. The summed E-state index contributed by atoms with van der Waals surface area (Å²) in [5, 5.41) is 6.21. The topological polar surface area (TPSA) is 76.1 Å². The van der Waals surface area contributed by atoms with E-state index in [9.17, 15) is 4.79 Å². The number of carbonyl (C=O) groups is 1. The Hall–Kier alpha value is -3.41. The number of ether oxygens (including phenoxy) is 1. The van der Waals surface area contributed by atoms with Crippen LogP contribution in [0.5, 0.6) is 5.75 Å². The highest BCUT2D eigenvalue weighted by Crippen LogP contribution is 2.22. The number of carbonyl (C=O) groups excluding carboxylic acids is 1. The maximum Gasteiger partial charge on any atom is 0.274 e. The summed E-state index contributed by atoms with van der Waals surface area (Å²) in [6.45, 7) is 4.57. The minimum absolute atomic E-state index is 0.258. The van der Waals surface area contributed by atoms with Crippen LogP contribution in [-0.2, 0) is 13.0 Å². The lowest BCUT2D eigenvalue weighted by molar-refractivity contribution is 0.102. The van der Waals surface area contributed by atoms with Gasteiger partial charge in [0, 0.05) is 23.9 Å². The number of benzene rings is 2. The van der Waals surface area contributed by atoms with Gasteiger partial charge in [-0.1, -0.05) is 43.3 Å². The predicted molar refractivity (Wildman–Crippen MR) is 111 cm³/mol. The number of anilines is 2. The molecule has 0 bridgehead atoms. The lowest BCUT2D eigenvalue weighted by Gasteiger charge is -2.13. The van der Waals surface area contributed by atoms with Crippen LogP contribution in [0.2, 0.25) is 0 Å². The van der Waals surface area contributed by atoms with Crippen molar-refractivity contribution in [1.82, 2.24) is 9.97 Å². The second-order valence-electron chi connectivity index (χ2n) is 6.37. The molecule has 28 heavy (non-hydrogen) atoms. The fourth-order valence-corrected chi connectivity index (χ4v) is 2.99. The first kappa shape index (κ1) is 19.4. The third kappa shape index (κ3) is 4.46. The summed E-state index contributed by atoms with van der Waals surface area (Å²) >= 11 is 0. The Balaban J connectivity index is 1.73. The highest BCUT2D eigenvalue weighted by atomic mass is 16.5. The van der Waals surface area contributed by atoms with Gasteiger partial charge in [0.2, 0.25) is 0 Å². The molecule has 0 atom stereocenters. The Morgan fingerprint density at radius 3 is 2.64 bits per heavy atom. The van der Waals surface area contributed by atoms with E-state index in [0.717, 1.165) is 34.5 Å². The standard InChI is InChI=1S/C22H24N4O2/c1-4-16-10-7-8-15(2)21(16)26-22(27)18-12-20(25-14-24-18)23-13-17-9-5-6-11-19(17)28-3/h5-12,14H,4,13H2,1-3H3,(H,26,27)(H,23,24,25). The maximum atomic E-state index is 12.7. The zero-order chi connectivity index (χ0) is 19.9. The van der Waals surface area contributed by atoms with Crippen molar-refractivity contribution in [2.24, 2.45) is 0 Å². The number of methoxy groups -OCH3 is 1. The molecule has 0 aliphatic carbocycles. The van der Waals surface area contributed by atoms with Crippen LogP contribution >= 0.6 is 0 Å². The molecule has 1 aromatic heterocycles. The molecule has 3 aromatic rings. The molecule has 0 saturated heterocycles. The molecule has 0 unspecified atom stereocenters. The third-order valence-corrected chi connectivity index (χ3v) is 4.53. The van der Waals surface area contributed by atoms with Gasteiger partial charge in [-0.05, 0) is 30.5 Å². The summed E-state index contributed by atoms with van der Waals surface area (Å²) in [7, 11) is 1.64. The van der Waals surface area contributed by atoms with Gasteiger partial charge in [-0.25, -0.2) is 9.97 Å². The van der Waals surface area contributed by atoms with Gasteiger partial charge in [-0.15, -0.1) is 0 Å². The molecule has 2 aromatic carbocycles. The quantitative estimate of drug-likeness (QED) is 0.646. The van der Waals surface area contributed by atoms with Crippen LogP contribution in [0.1, 0.15) is 34.1 Å². The van der Waals surface area contributed by atoms with Crippen molar-refractivity contribution < 1.29 is 9.53 Å². The third-order valence-electron chi connectivity index (χ3n) is 4.53. The van der Waals surface area contributed by atoms with E-state index in [1.807, 2.05) is 49.4 Å². The van der Waals surface area contributed by atoms with Gasteiger partial charge in [0.05, 0.1) is 7.11 Å². The molecule has 6 nitrogen and oxygen atoms in total. The van der Waals surface area contributed by atoms with E-state index in [0.29, 0.717) is 18.1 Å². The zero-order valence-electron chi connectivity index (χ0n) is 16.3. The van der Waals surface area contributed by atoms with E-state index < -0.39 is 0 Å². The molecule has 1 amide bonds. The fraction of sp³-hybridized carbons (Fsp3) is 0.227. The average molecular weight is 376 g/mol. The van der Waals surface area contributed by atoms with Crippen LogP contribution in [0.4, 0.5) is 11.5 Å².